The smallest absolute Gasteiger partial charge is 0.125 e. The van der Waals surface area contributed by atoms with E-state index in [2.05, 4.69) is 40.1 Å². The van der Waals surface area contributed by atoms with Crippen molar-refractivity contribution in [3.63, 3.8) is 0 Å². The molecule has 0 bridgehead atoms. The SMILES string of the molecule is CC(C)CNCc1cnc(-c2cc(F)cc(Br)c2)s1. The number of aromatic nitrogens is 1. The maximum absolute atomic E-state index is 13.3. The lowest BCUT2D eigenvalue weighted by Gasteiger charge is -2.04. The quantitative estimate of drug-likeness (QED) is 0.867. The summed E-state index contributed by atoms with van der Waals surface area (Å²) in [4.78, 5) is 5.52. The third kappa shape index (κ3) is 4.37. The highest BCUT2D eigenvalue weighted by molar-refractivity contribution is 9.10. The lowest BCUT2D eigenvalue weighted by atomic mass is 10.2. The molecule has 2 rings (SSSR count). The van der Waals surface area contributed by atoms with E-state index in [0.29, 0.717) is 5.92 Å². The van der Waals surface area contributed by atoms with Gasteiger partial charge in [-0.05, 0) is 30.7 Å². The van der Waals surface area contributed by atoms with Crippen molar-refractivity contribution in [2.24, 2.45) is 5.92 Å². The van der Waals surface area contributed by atoms with E-state index < -0.39 is 0 Å². The van der Waals surface area contributed by atoms with E-state index in [-0.39, 0.29) is 5.82 Å². The summed E-state index contributed by atoms with van der Waals surface area (Å²) in [5, 5.41) is 4.22. The van der Waals surface area contributed by atoms with Gasteiger partial charge >= 0.3 is 0 Å². The lowest BCUT2D eigenvalue weighted by Crippen LogP contribution is -2.18. The van der Waals surface area contributed by atoms with Gasteiger partial charge in [-0.25, -0.2) is 9.37 Å². The highest BCUT2D eigenvalue weighted by Gasteiger charge is 2.07. The molecule has 0 radical (unpaired) electrons. The number of nitrogens with one attached hydrogen (secondary N) is 1. The van der Waals surface area contributed by atoms with Crippen LogP contribution in [-0.2, 0) is 6.54 Å². The number of thiazole rings is 1. The van der Waals surface area contributed by atoms with Gasteiger partial charge in [-0.2, -0.15) is 0 Å². The summed E-state index contributed by atoms with van der Waals surface area (Å²) in [6.45, 7) is 6.15. The van der Waals surface area contributed by atoms with Crippen LogP contribution in [0.4, 0.5) is 4.39 Å². The molecule has 0 atom stereocenters. The van der Waals surface area contributed by atoms with E-state index in [0.717, 1.165) is 33.0 Å². The van der Waals surface area contributed by atoms with Crippen LogP contribution in [0.1, 0.15) is 18.7 Å². The third-order valence-corrected chi connectivity index (χ3v) is 4.02. The van der Waals surface area contributed by atoms with Crippen LogP contribution in [0.25, 0.3) is 10.6 Å². The summed E-state index contributed by atoms with van der Waals surface area (Å²) in [5.74, 6) is 0.380. The number of hydrogen-bond donors (Lipinski definition) is 1. The Labute approximate surface area is 125 Å². The Morgan fingerprint density at radius 3 is 2.84 bits per heavy atom. The van der Waals surface area contributed by atoms with Gasteiger partial charge in [0.25, 0.3) is 0 Å². The van der Waals surface area contributed by atoms with E-state index >= 15 is 0 Å². The van der Waals surface area contributed by atoms with Crippen LogP contribution < -0.4 is 5.32 Å². The molecule has 0 unspecified atom stereocenters. The Bertz CT molecular complexity index is 534. The molecule has 0 aliphatic rings. The van der Waals surface area contributed by atoms with E-state index in [1.807, 2.05) is 12.3 Å². The second-order valence-electron chi connectivity index (χ2n) is 4.81. The molecule has 19 heavy (non-hydrogen) atoms. The Balaban J connectivity index is 2.07. The number of nitrogens with zero attached hydrogens (tertiary/aromatic N) is 1. The minimum absolute atomic E-state index is 0.251. The van der Waals surface area contributed by atoms with Gasteiger partial charge in [-0.15, -0.1) is 11.3 Å². The Morgan fingerprint density at radius 2 is 2.16 bits per heavy atom. The summed E-state index contributed by atoms with van der Waals surface area (Å²) in [5.41, 5.74) is 0.812. The minimum Gasteiger partial charge on any atom is -0.312 e. The van der Waals surface area contributed by atoms with Crippen LogP contribution in [0.2, 0.25) is 0 Å². The summed E-state index contributed by atoms with van der Waals surface area (Å²) in [7, 11) is 0. The van der Waals surface area contributed by atoms with Crippen LogP contribution >= 0.6 is 27.3 Å². The molecule has 0 aliphatic carbocycles. The molecule has 1 heterocycles. The summed E-state index contributed by atoms with van der Waals surface area (Å²) in [6, 6.07) is 4.84. The monoisotopic (exact) mass is 342 g/mol. The van der Waals surface area contributed by atoms with Crippen molar-refractivity contribution in [2.45, 2.75) is 20.4 Å². The van der Waals surface area contributed by atoms with Crippen molar-refractivity contribution in [3.8, 4) is 10.6 Å². The molecule has 0 saturated carbocycles. The molecule has 1 aromatic heterocycles. The van der Waals surface area contributed by atoms with Gasteiger partial charge in [0.15, 0.2) is 0 Å². The van der Waals surface area contributed by atoms with Crippen LogP contribution in [0.5, 0.6) is 0 Å². The van der Waals surface area contributed by atoms with Crippen molar-refractivity contribution < 1.29 is 4.39 Å². The van der Waals surface area contributed by atoms with Crippen LogP contribution in [0, 0.1) is 11.7 Å². The second kappa shape index (κ2) is 6.59. The van der Waals surface area contributed by atoms with Crippen molar-refractivity contribution in [1.82, 2.24) is 10.3 Å². The van der Waals surface area contributed by atoms with Gasteiger partial charge in [-0.3, -0.25) is 0 Å². The van der Waals surface area contributed by atoms with E-state index in [1.165, 1.54) is 12.1 Å². The molecule has 2 nitrogen and oxygen atoms in total. The predicted molar refractivity (Wildman–Crippen MR) is 81.8 cm³/mol. The molecule has 0 fully saturated rings. The van der Waals surface area contributed by atoms with Crippen molar-refractivity contribution >= 4 is 27.3 Å². The first kappa shape index (κ1) is 14.6. The van der Waals surface area contributed by atoms with Gasteiger partial charge in [-0.1, -0.05) is 29.8 Å². The molecule has 0 saturated heterocycles. The van der Waals surface area contributed by atoms with Crippen molar-refractivity contribution in [2.75, 3.05) is 6.54 Å². The molecule has 5 heteroatoms. The summed E-state index contributed by atoms with van der Waals surface area (Å²) < 4.78 is 14.1. The molecule has 0 spiro atoms. The number of benzene rings is 1. The van der Waals surface area contributed by atoms with E-state index in [1.54, 1.807) is 11.3 Å². The Morgan fingerprint density at radius 1 is 1.37 bits per heavy atom. The van der Waals surface area contributed by atoms with Gasteiger partial charge < -0.3 is 5.32 Å². The van der Waals surface area contributed by atoms with Gasteiger partial charge in [0.2, 0.25) is 0 Å². The molecule has 102 valence electrons. The number of halogens is 2. The number of hydrogen-bond acceptors (Lipinski definition) is 3. The van der Waals surface area contributed by atoms with Gasteiger partial charge in [0.1, 0.15) is 10.8 Å². The van der Waals surface area contributed by atoms with Crippen molar-refractivity contribution in [3.05, 3.63) is 39.6 Å². The third-order valence-electron chi connectivity index (χ3n) is 2.51. The molecular weight excluding hydrogens is 327 g/mol. The van der Waals surface area contributed by atoms with E-state index in [4.69, 9.17) is 0 Å². The minimum atomic E-state index is -0.251. The highest BCUT2D eigenvalue weighted by atomic mass is 79.9. The first-order valence-corrected chi connectivity index (χ1v) is 7.77. The first-order chi connectivity index (χ1) is 9.04. The molecule has 0 amide bonds. The highest BCUT2D eigenvalue weighted by Crippen LogP contribution is 2.28. The van der Waals surface area contributed by atoms with Crippen LogP contribution in [0.15, 0.2) is 28.9 Å². The molecule has 0 aliphatic heterocycles. The zero-order chi connectivity index (χ0) is 13.8. The van der Waals surface area contributed by atoms with Crippen molar-refractivity contribution in [1.29, 1.82) is 0 Å². The average Bonchev–Trinajstić information content (AvgIpc) is 2.76. The van der Waals surface area contributed by atoms with E-state index in [9.17, 15) is 4.39 Å². The Hall–Kier alpha value is -0.780. The average molecular weight is 343 g/mol. The topological polar surface area (TPSA) is 24.9 Å². The maximum Gasteiger partial charge on any atom is 0.125 e. The van der Waals surface area contributed by atoms with Crippen LogP contribution in [-0.4, -0.2) is 11.5 Å². The standard InChI is InChI=1S/C14H16BrFN2S/c1-9(2)6-17-7-13-8-18-14(19-13)10-3-11(15)5-12(16)4-10/h3-5,8-9,17H,6-7H2,1-2H3. The zero-order valence-electron chi connectivity index (χ0n) is 10.9. The fraction of sp³-hybridized carbons (Fsp3) is 0.357. The maximum atomic E-state index is 13.3. The molecular formula is C14H16BrFN2S. The molecule has 1 aromatic carbocycles. The largest absolute Gasteiger partial charge is 0.312 e. The lowest BCUT2D eigenvalue weighted by molar-refractivity contribution is 0.554. The normalized spacial score (nSPS) is 11.2. The fourth-order valence-corrected chi connectivity index (χ4v) is 3.02. The fourth-order valence-electron chi connectivity index (χ4n) is 1.68. The summed E-state index contributed by atoms with van der Waals surface area (Å²) >= 11 is 4.89. The van der Waals surface area contributed by atoms with Crippen LogP contribution in [0.3, 0.4) is 0 Å². The Kier molecular flexibility index (Phi) is 5.07. The summed E-state index contributed by atoms with van der Waals surface area (Å²) in [6.07, 6.45) is 1.85. The van der Waals surface area contributed by atoms with Gasteiger partial charge in [0, 0.05) is 27.7 Å². The zero-order valence-corrected chi connectivity index (χ0v) is 13.3. The first-order valence-electron chi connectivity index (χ1n) is 6.16. The van der Waals surface area contributed by atoms with Gasteiger partial charge in [0.05, 0.1) is 0 Å². The molecule has 1 N–H and O–H groups in total. The molecule has 2 aromatic rings. The second-order valence-corrected chi connectivity index (χ2v) is 6.85. The predicted octanol–water partition coefficient (Wildman–Crippen LogP) is 4.46. The number of rotatable bonds is 5.